The van der Waals surface area contributed by atoms with Crippen LogP contribution in [-0.4, -0.2) is 114 Å². The van der Waals surface area contributed by atoms with Crippen molar-refractivity contribution in [1.82, 2.24) is 29.7 Å². The lowest BCUT2D eigenvalue weighted by atomic mass is 9.90. The van der Waals surface area contributed by atoms with Gasteiger partial charge in [-0.25, -0.2) is 13.9 Å². The molecule has 4 aliphatic heterocycles. The molecular weight excluding hydrogens is 585 g/mol. The molecule has 1 amide bonds. The maximum absolute atomic E-state index is 14.4. The van der Waals surface area contributed by atoms with E-state index < -0.39 is 0 Å². The Hall–Kier alpha value is -2.96. The third kappa shape index (κ3) is 6.32. The van der Waals surface area contributed by atoms with Gasteiger partial charge in [-0.1, -0.05) is 26.0 Å². The molecule has 0 spiro atoms. The van der Waals surface area contributed by atoms with E-state index in [9.17, 15) is 9.18 Å². The maximum atomic E-state index is 14.4. The minimum absolute atomic E-state index is 0.109. The summed E-state index contributed by atoms with van der Waals surface area (Å²) in [5, 5.41) is 8.79. The topological polar surface area (TPSA) is 87.5 Å². The normalized spacial score (nSPS) is 26.1. The van der Waals surface area contributed by atoms with Crippen molar-refractivity contribution in [1.29, 1.82) is 0 Å². The van der Waals surface area contributed by atoms with Gasteiger partial charge in [0.25, 0.3) is 0 Å². The Labute approximate surface area is 271 Å². The summed E-state index contributed by atoms with van der Waals surface area (Å²) >= 11 is 0. The molecule has 46 heavy (non-hydrogen) atoms. The first-order valence-corrected chi connectivity index (χ1v) is 17.0. The van der Waals surface area contributed by atoms with Gasteiger partial charge in [-0.2, -0.15) is 5.10 Å². The number of amides is 1. The van der Waals surface area contributed by atoms with Crippen LogP contribution < -0.4 is 10.2 Å². The number of aromatic nitrogens is 3. The predicted molar refractivity (Wildman–Crippen MR) is 175 cm³/mol. The number of benzene rings is 1. The molecule has 0 bridgehead atoms. The smallest absolute Gasteiger partial charge is 0.241 e. The predicted octanol–water partition coefficient (Wildman–Crippen LogP) is 3.36. The molecule has 6 heterocycles. The van der Waals surface area contributed by atoms with Crippen LogP contribution in [0.15, 0.2) is 30.3 Å². The number of nitrogens with one attached hydrogen (secondary N) is 1. The van der Waals surface area contributed by atoms with Crippen molar-refractivity contribution in [3.05, 3.63) is 58.8 Å². The molecule has 0 saturated carbocycles. The Morgan fingerprint density at radius 2 is 1.87 bits per heavy atom. The first-order valence-electron chi connectivity index (χ1n) is 17.0. The van der Waals surface area contributed by atoms with Gasteiger partial charge in [0, 0.05) is 87.4 Å². The monoisotopic (exact) mass is 633 g/mol. The van der Waals surface area contributed by atoms with Crippen molar-refractivity contribution in [3.63, 3.8) is 0 Å². The number of hydrogen-bond acceptors (Lipinski definition) is 8. The van der Waals surface area contributed by atoms with Gasteiger partial charge < -0.3 is 19.7 Å². The largest absolute Gasteiger partial charge is 0.381 e. The van der Waals surface area contributed by atoms with Crippen molar-refractivity contribution in [2.45, 2.75) is 76.4 Å². The number of anilines is 1. The number of hydrogen-bond donors (Lipinski definition) is 1. The molecule has 1 N–H and O–H groups in total. The van der Waals surface area contributed by atoms with Gasteiger partial charge >= 0.3 is 0 Å². The van der Waals surface area contributed by atoms with Gasteiger partial charge in [0.2, 0.25) is 5.91 Å². The molecule has 3 atom stereocenters. The van der Waals surface area contributed by atoms with Crippen LogP contribution in [0.4, 0.5) is 10.1 Å². The van der Waals surface area contributed by atoms with E-state index in [1.807, 2.05) is 21.5 Å². The number of carbonyl (C=O) groups is 1. The number of pyridine rings is 1. The fourth-order valence-electron chi connectivity index (χ4n) is 7.76. The second kappa shape index (κ2) is 12.9. The van der Waals surface area contributed by atoms with Crippen molar-refractivity contribution in [2.24, 2.45) is 0 Å². The molecule has 0 unspecified atom stereocenters. The van der Waals surface area contributed by atoms with Gasteiger partial charge in [-0.3, -0.25) is 14.6 Å². The zero-order chi connectivity index (χ0) is 32.0. The second-order valence-corrected chi connectivity index (χ2v) is 14.5. The Balaban J connectivity index is 1.22. The lowest BCUT2D eigenvalue weighted by Gasteiger charge is -2.43. The number of fused-ring (bicyclic) bond motifs is 3. The number of morpholine rings is 1. The number of piperazine rings is 1. The molecule has 1 aromatic carbocycles. The molecule has 2 aromatic heterocycles. The molecule has 0 radical (unpaired) electrons. The van der Waals surface area contributed by atoms with Gasteiger partial charge in [-0.05, 0) is 50.5 Å². The van der Waals surface area contributed by atoms with Crippen LogP contribution in [0.1, 0.15) is 69.1 Å². The third-order valence-corrected chi connectivity index (χ3v) is 10.4. The highest BCUT2D eigenvalue weighted by molar-refractivity contribution is 5.97. The van der Waals surface area contributed by atoms with Gasteiger partial charge in [0.1, 0.15) is 5.82 Å². The number of ether oxygens (including phenoxy) is 2. The molecular formula is C35H48FN7O3. The average molecular weight is 634 g/mol. The Kier molecular flexibility index (Phi) is 8.88. The Morgan fingerprint density at radius 1 is 1.09 bits per heavy atom. The first kappa shape index (κ1) is 31.6. The standard InChI is InChI=1S/C35H48FN7O3/c1-23-18-41(29(17-37-23)19-40-11-14-46-21-24(40)2)20-31(44)42-22-35(3,4)32-30(42)16-27(15-25-5-7-28(36)8-6-25)34-38-33(39-43(32)34)26-9-12-45-13-10-26/h5-8,16,23-24,26,29,37H,9-15,17-22H2,1-4H3/t23-,24-,29-/m1/s1. The summed E-state index contributed by atoms with van der Waals surface area (Å²) in [5.74, 6) is 0.936. The highest BCUT2D eigenvalue weighted by atomic mass is 19.1. The fourth-order valence-corrected chi connectivity index (χ4v) is 7.76. The molecule has 0 aliphatic carbocycles. The number of halogens is 1. The summed E-state index contributed by atoms with van der Waals surface area (Å²) < 4.78 is 27.1. The quantitative estimate of drug-likeness (QED) is 0.424. The van der Waals surface area contributed by atoms with E-state index in [4.69, 9.17) is 19.6 Å². The average Bonchev–Trinajstić information content (AvgIpc) is 3.60. The van der Waals surface area contributed by atoms with Crippen molar-refractivity contribution < 1.29 is 18.7 Å². The van der Waals surface area contributed by atoms with E-state index in [-0.39, 0.29) is 29.1 Å². The molecule has 10 nitrogen and oxygen atoms in total. The minimum atomic E-state index is -0.322. The summed E-state index contributed by atoms with van der Waals surface area (Å²) in [5.41, 5.74) is 4.41. The van der Waals surface area contributed by atoms with Crippen molar-refractivity contribution >= 4 is 17.2 Å². The zero-order valence-corrected chi connectivity index (χ0v) is 27.7. The van der Waals surface area contributed by atoms with Crippen LogP contribution in [0.3, 0.4) is 0 Å². The first-order chi connectivity index (χ1) is 22.2. The lowest BCUT2D eigenvalue weighted by Crippen LogP contribution is -2.62. The minimum Gasteiger partial charge on any atom is -0.381 e. The van der Waals surface area contributed by atoms with E-state index in [1.54, 1.807) is 0 Å². The maximum Gasteiger partial charge on any atom is 0.241 e. The van der Waals surface area contributed by atoms with Crippen LogP contribution in [-0.2, 0) is 26.1 Å². The molecule has 7 rings (SSSR count). The lowest BCUT2D eigenvalue weighted by molar-refractivity contribution is -0.121. The summed E-state index contributed by atoms with van der Waals surface area (Å²) in [7, 11) is 0. The molecule has 3 fully saturated rings. The second-order valence-electron chi connectivity index (χ2n) is 14.5. The zero-order valence-electron chi connectivity index (χ0n) is 27.7. The number of rotatable bonds is 7. The molecule has 11 heteroatoms. The molecule has 3 saturated heterocycles. The summed E-state index contributed by atoms with van der Waals surface area (Å²) in [6.07, 6.45) is 2.36. The van der Waals surface area contributed by atoms with Crippen LogP contribution in [0.25, 0.3) is 5.65 Å². The summed E-state index contributed by atoms with van der Waals surface area (Å²) in [6, 6.07) is 9.71. The number of nitrogens with zero attached hydrogens (tertiary/aromatic N) is 6. The van der Waals surface area contributed by atoms with Crippen molar-refractivity contribution in [2.75, 3.05) is 70.6 Å². The summed E-state index contributed by atoms with van der Waals surface area (Å²) in [6.45, 7) is 16.2. The van der Waals surface area contributed by atoms with Gasteiger partial charge in [-0.15, -0.1) is 0 Å². The van der Waals surface area contributed by atoms with Gasteiger partial charge in [0.05, 0.1) is 31.1 Å². The van der Waals surface area contributed by atoms with E-state index in [1.165, 1.54) is 12.1 Å². The van der Waals surface area contributed by atoms with E-state index in [0.717, 1.165) is 86.2 Å². The molecule has 4 aliphatic rings. The Bertz CT molecular complexity index is 1550. The summed E-state index contributed by atoms with van der Waals surface area (Å²) in [4.78, 5) is 26.4. The highest BCUT2D eigenvalue weighted by Crippen LogP contribution is 2.42. The van der Waals surface area contributed by atoms with E-state index in [0.29, 0.717) is 44.8 Å². The molecule has 3 aromatic rings. The van der Waals surface area contributed by atoms with E-state index in [2.05, 4.69) is 48.9 Å². The van der Waals surface area contributed by atoms with Crippen molar-refractivity contribution in [3.8, 4) is 0 Å². The van der Waals surface area contributed by atoms with Crippen LogP contribution >= 0.6 is 0 Å². The Morgan fingerprint density at radius 3 is 2.63 bits per heavy atom. The van der Waals surface area contributed by atoms with Crippen LogP contribution in [0.2, 0.25) is 0 Å². The van der Waals surface area contributed by atoms with Crippen LogP contribution in [0, 0.1) is 5.82 Å². The third-order valence-electron chi connectivity index (χ3n) is 10.4. The van der Waals surface area contributed by atoms with Crippen LogP contribution in [0.5, 0.6) is 0 Å². The SMILES string of the molecule is C[C@@H]1CN(CC(=O)N2CC(C)(C)c3c2cc(Cc2ccc(F)cc2)c2nc(C4CCOCC4)nn32)[C@@H](CN2CCOC[C@H]2C)CN1. The van der Waals surface area contributed by atoms with E-state index >= 15 is 0 Å². The number of carbonyl (C=O) groups excluding carboxylic acids is 1. The fraction of sp³-hybridized carbons (Fsp3) is 0.629. The highest BCUT2D eigenvalue weighted by Gasteiger charge is 2.43. The molecule has 248 valence electrons. The van der Waals surface area contributed by atoms with Gasteiger partial charge in [0.15, 0.2) is 11.5 Å².